The van der Waals surface area contributed by atoms with Crippen LogP contribution in [-0.4, -0.2) is 55.1 Å². The van der Waals surface area contributed by atoms with E-state index in [1.54, 1.807) is 41.5 Å². The first-order valence-electron chi connectivity index (χ1n) is 11.0. The van der Waals surface area contributed by atoms with Gasteiger partial charge in [0.15, 0.2) is 0 Å². The number of carbonyl (C=O) groups is 4. The summed E-state index contributed by atoms with van der Waals surface area (Å²) in [7, 11) is 0. The predicted octanol–water partition coefficient (Wildman–Crippen LogP) is 2.16. The highest BCUT2D eigenvalue weighted by Gasteiger charge is 2.56. The third-order valence-electron chi connectivity index (χ3n) is 5.37. The molecule has 0 saturated carbocycles. The fourth-order valence-electron chi connectivity index (χ4n) is 3.20. The molecule has 0 aromatic carbocycles. The number of esters is 2. The first-order valence-corrected chi connectivity index (χ1v) is 11.0. The molecule has 1 rings (SSSR count). The van der Waals surface area contributed by atoms with Crippen molar-refractivity contribution in [2.45, 2.75) is 67.1 Å². The van der Waals surface area contributed by atoms with Crippen molar-refractivity contribution in [1.82, 2.24) is 0 Å². The van der Waals surface area contributed by atoms with Gasteiger partial charge in [-0.25, -0.2) is 19.4 Å². The van der Waals surface area contributed by atoms with Crippen LogP contribution in [0.25, 0.3) is 0 Å². The van der Waals surface area contributed by atoms with Crippen molar-refractivity contribution in [2.24, 2.45) is 29.1 Å². The molecule has 10 heteroatoms. The lowest BCUT2D eigenvalue weighted by atomic mass is 9.68. The summed E-state index contributed by atoms with van der Waals surface area (Å²) >= 11 is 0. The fraction of sp³-hybridized carbons (Fsp3) is 0.818. The number of hydrogen-bond donors (Lipinski definition) is 1. The predicted molar refractivity (Wildman–Crippen MR) is 110 cm³/mol. The minimum absolute atomic E-state index is 0.208. The number of carbonyl (C=O) groups excluding carboxylic acids is 4. The normalized spacial score (nSPS) is 17.6. The minimum Gasteiger partial charge on any atom is -0.465 e. The van der Waals surface area contributed by atoms with Gasteiger partial charge >= 0.3 is 23.9 Å². The van der Waals surface area contributed by atoms with E-state index >= 15 is 0 Å². The lowest BCUT2D eigenvalue weighted by Crippen LogP contribution is -2.53. The van der Waals surface area contributed by atoms with Crippen LogP contribution in [0.4, 0.5) is 0 Å². The zero-order chi connectivity index (χ0) is 24.5. The van der Waals surface area contributed by atoms with Gasteiger partial charge in [0.25, 0.3) is 0 Å². The van der Waals surface area contributed by atoms with E-state index in [0.29, 0.717) is 26.1 Å². The molecule has 2 unspecified atom stereocenters. The zero-order valence-corrected chi connectivity index (χ0v) is 19.8. The highest BCUT2D eigenvalue weighted by molar-refractivity contribution is 5.80. The Morgan fingerprint density at radius 1 is 0.875 bits per heavy atom. The number of hydrogen-bond acceptors (Lipinski definition) is 10. The Balaban J connectivity index is 3.26. The molecule has 1 heterocycles. The molecule has 0 aromatic rings. The summed E-state index contributed by atoms with van der Waals surface area (Å²) in [4.78, 5) is 58.7. The maximum absolute atomic E-state index is 13.3. The molecular weight excluding hydrogens is 424 g/mol. The molecular formula is C22H36O10. The molecule has 32 heavy (non-hydrogen) atoms. The van der Waals surface area contributed by atoms with Gasteiger partial charge in [-0.15, -0.1) is 0 Å². The molecule has 2 atom stereocenters. The number of rotatable bonds is 10. The standard InChI is InChI=1S/C22H36O10/c1-13(2)17(23)29-12-9-22(16-7-10-28-11-8-16,20(26)30-18(24)14(3)4)21(27)32-31-19(25)15(5)6/h13-16,20,26H,7-12H2,1-6H3. The van der Waals surface area contributed by atoms with Gasteiger partial charge in [0, 0.05) is 19.6 Å². The van der Waals surface area contributed by atoms with Gasteiger partial charge in [-0.2, -0.15) is 0 Å². The molecule has 0 spiro atoms. The largest absolute Gasteiger partial charge is 0.465 e. The van der Waals surface area contributed by atoms with E-state index in [1.807, 2.05) is 0 Å². The maximum Gasteiger partial charge on any atom is 0.368 e. The summed E-state index contributed by atoms with van der Waals surface area (Å²) in [6, 6.07) is 0. The third-order valence-corrected chi connectivity index (χ3v) is 5.37. The van der Waals surface area contributed by atoms with E-state index in [0.717, 1.165) is 0 Å². The number of ether oxygens (including phenoxy) is 3. The second-order valence-corrected chi connectivity index (χ2v) is 8.87. The molecule has 184 valence electrons. The molecule has 1 aliphatic heterocycles. The Morgan fingerprint density at radius 3 is 1.91 bits per heavy atom. The molecule has 0 radical (unpaired) electrons. The Labute approximate surface area is 188 Å². The first kappa shape index (κ1) is 27.8. The molecule has 0 aromatic heterocycles. The quantitative estimate of drug-likeness (QED) is 0.224. The molecule has 10 nitrogen and oxygen atoms in total. The van der Waals surface area contributed by atoms with E-state index in [9.17, 15) is 24.3 Å². The average molecular weight is 461 g/mol. The molecule has 1 N–H and O–H groups in total. The minimum atomic E-state index is -1.91. The van der Waals surface area contributed by atoms with E-state index < -0.39 is 59.3 Å². The van der Waals surface area contributed by atoms with Gasteiger partial charge in [0.05, 0.1) is 24.4 Å². The van der Waals surface area contributed by atoms with Crippen molar-refractivity contribution < 1.29 is 48.3 Å². The summed E-state index contributed by atoms with van der Waals surface area (Å²) in [6.45, 7) is 9.98. The van der Waals surface area contributed by atoms with Gasteiger partial charge in [-0.3, -0.25) is 9.59 Å². The lowest BCUT2D eigenvalue weighted by Gasteiger charge is -2.41. The number of aliphatic hydroxyl groups excluding tert-OH is 1. The zero-order valence-electron chi connectivity index (χ0n) is 19.8. The smallest absolute Gasteiger partial charge is 0.368 e. The van der Waals surface area contributed by atoms with Gasteiger partial charge in [-0.05, 0) is 18.8 Å². The fourth-order valence-corrected chi connectivity index (χ4v) is 3.20. The SMILES string of the molecule is CC(C)C(=O)OCCC(C(=O)OOC(=O)C(C)C)(C1CCOCC1)C(O)OC(=O)C(C)C. The Hall–Kier alpha value is -2.20. The average Bonchev–Trinajstić information content (AvgIpc) is 2.74. The van der Waals surface area contributed by atoms with Crippen LogP contribution in [0.2, 0.25) is 0 Å². The molecule has 0 bridgehead atoms. The molecule has 1 saturated heterocycles. The lowest BCUT2D eigenvalue weighted by molar-refractivity contribution is -0.287. The second-order valence-electron chi connectivity index (χ2n) is 8.87. The Morgan fingerprint density at radius 2 is 1.41 bits per heavy atom. The van der Waals surface area contributed by atoms with Crippen LogP contribution in [0, 0.1) is 29.1 Å². The van der Waals surface area contributed by atoms with Crippen LogP contribution < -0.4 is 0 Å². The van der Waals surface area contributed by atoms with E-state index in [4.69, 9.17) is 19.1 Å². The summed E-state index contributed by atoms with van der Waals surface area (Å²) < 4.78 is 15.8. The monoisotopic (exact) mass is 460 g/mol. The van der Waals surface area contributed by atoms with E-state index in [-0.39, 0.29) is 13.0 Å². The van der Waals surface area contributed by atoms with Crippen molar-refractivity contribution in [3.05, 3.63) is 0 Å². The maximum atomic E-state index is 13.3. The molecule has 0 amide bonds. The van der Waals surface area contributed by atoms with Gasteiger partial charge in [0.1, 0.15) is 5.41 Å². The van der Waals surface area contributed by atoms with Crippen molar-refractivity contribution >= 4 is 23.9 Å². The van der Waals surface area contributed by atoms with Gasteiger partial charge < -0.3 is 19.3 Å². The van der Waals surface area contributed by atoms with Crippen LogP contribution in [0.1, 0.15) is 60.8 Å². The summed E-state index contributed by atoms with van der Waals surface area (Å²) in [5.74, 6) is -5.13. The third kappa shape index (κ3) is 7.44. The van der Waals surface area contributed by atoms with Gasteiger partial charge in [-0.1, -0.05) is 41.5 Å². The Kier molecular flexibility index (Phi) is 11.1. The van der Waals surface area contributed by atoms with E-state index in [1.165, 1.54) is 0 Å². The number of aliphatic hydroxyl groups is 1. The van der Waals surface area contributed by atoms with E-state index in [2.05, 4.69) is 4.89 Å². The molecule has 1 aliphatic rings. The first-order chi connectivity index (χ1) is 14.9. The van der Waals surface area contributed by atoms with Crippen LogP contribution in [0.3, 0.4) is 0 Å². The van der Waals surface area contributed by atoms with Crippen molar-refractivity contribution in [1.29, 1.82) is 0 Å². The summed E-state index contributed by atoms with van der Waals surface area (Å²) in [6.07, 6.45) is -1.42. The molecule has 1 fully saturated rings. The van der Waals surface area contributed by atoms with Crippen LogP contribution in [0.15, 0.2) is 0 Å². The van der Waals surface area contributed by atoms with Crippen molar-refractivity contribution in [3.8, 4) is 0 Å². The van der Waals surface area contributed by atoms with Crippen LogP contribution in [-0.2, 0) is 43.2 Å². The topological polar surface area (TPSA) is 135 Å². The molecule has 0 aliphatic carbocycles. The van der Waals surface area contributed by atoms with Crippen molar-refractivity contribution in [2.75, 3.05) is 19.8 Å². The highest BCUT2D eigenvalue weighted by Crippen LogP contribution is 2.43. The van der Waals surface area contributed by atoms with Crippen molar-refractivity contribution in [3.63, 3.8) is 0 Å². The van der Waals surface area contributed by atoms with Gasteiger partial charge in [0.2, 0.25) is 6.29 Å². The summed E-state index contributed by atoms with van der Waals surface area (Å²) in [5.41, 5.74) is -1.83. The van der Waals surface area contributed by atoms with Crippen LogP contribution >= 0.6 is 0 Å². The van der Waals surface area contributed by atoms with Crippen LogP contribution in [0.5, 0.6) is 0 Å². The highest BCUT2D eigenvalue weighted by atomic mass is 17.2. The second kappa shape index (κ2) is 12.7. The Bertz CT molecular complexity index is 651. The summed E-state index contributed by atoms with van der Waals surface area (Å²) in [5, 5.41) is 11.0.